The molecule has 2 atom stereocenters. The Balaban J connectivity index is 1.96. The second kappa shape index (κ2) is 4.97. The van der Waals surface area contributed by atoms with Crippen molar-refractivity contribution in [3.05, 3.63) is 11.6 Å². The van der Waals surface area contributed by atoms with Crippen molar-refractivity contribution < 1.29 is 9.47 Å². The number of hydrogen-bond donors (Lipinski definition) is 0. The van der Waals surface area contributed by atoms with Crippen molar-refractivity contribution in [3.8, 4) is 0 Å². The van der Waals surface area contributed by atoms with Crippen LogP contribution in [-0.2, 0) is 9.47 Å². The van der Waals surface area contributed by atoms with Gasteiger partial charge in [0.2, 0.25) is 0 Å². The molecule has 1 saturated heterocycles. The first kappa shape index (κ1) is 14.1. The maximum Gasteiger partial charge on any atom is 0.162 e. The molecule has 0 unspecified atom stereocenters. The fourth-order valence-corrected chi connectivity index (χ4v) is 3.37. The average molecular weight is 252 g/mol. The highest BCUT2D eigenvalue weighted by Gasteiger charge is 2.47. The number of ether oxygens (including phenoxy) is 2. The molecule has 1 saturated carbocycles. The highest BCUT2D eigenvalue weighted by atomic mass is 16.7. The van der Waals surface area contributed by atoms with E-state index in [0.29, 0.717) is 0 Å². The van der Waals surface area contributed by atoms with Gasteiger partial charge in [-0.3, -0.25) is 0 Å². The lowest BCUT2D eigenvalue weighted by Gasteiger charge is -2.41. The van der Waals surface area contributed by atoms with Crippen molar-refractivity contribution >= 4 is 0 Å². The van der Waals surface area contributed by atoms with Crippen LogP contribution in [0.2, 0.25) is 0 Å². The van der Waals surface area contributed by atoms with E-state index in [0.717, 1.165) is 25.0 Å². The van der Waals surface area contributed by atoms with E-state index in [2.05, 4.69) is 26.8 Å². The van der Waals surface area contributed by atoms with E-state index in [1.54, 1.807) is 0 Å². The Morgan fingerprint density at radius 3 is 2.33 bits per heavy atom. The van der Waals surface area contributed by atoms with Gasteiger partial charge in [0.1, 0.15) is 0 Å². The molecule has 0 aromatic rings. The fraction of sp³-hybridized carbons (Fsp3) is 0.875. The molecule has 2 rings (SSSR count). The quantitative estimate of drug-likeness (QED) is 0.687. The molecule has 2 fully saturated rings. The van der Waals surface area contributed by atoms with Crippen LogP contribution in [0.25, 0.3) is 0 Å². The molecule has 2 aliphatic rings. The molecule has 1 aliphatic heterocycles. The Morgan fingerprint density at radius 2 is 1.78 bits per heavy atom. The standard InChI is InChI=1S/C16H28O2/c1-12(2)6-7-14-9-16(8-13(14)3)10-17-15(4,5)18-11-16/h6,13-14H,7-11H2,1-5H3/t13-,14-/m0/s1. The molecule has 104 valence electrons. The first-order valence-electron chi connectivity index (χ1n) is 7.23. The Bertz CT molecular complexity index is 316. The summed E-state index contributed by atoms with van der Waals surface area (Å²) in [6.45, 7) is 12.5. The second-order valence-electron chi connectivity index (χ2n) is 7.14. The normalized spacial score (nSPS) is 33.6. The minimum Gasteiger partial charge on any atom is -0.350 e. The smallest absolute Gasteiger partial charge is 0.162 e. The fourth-order valence-electron chi connectivity index (χ4n) is 3.37. The van der Waals surface area contributed by atoms with Crippen molar-refractivity contribution in [1.29, 1.82) is 0 Å². The van der Waals surface area contributed by atoms with Gasteiger partial charge in [-0.15, -0.1) is 0 Å². The molecule has 0 aromatic heterocycles. The van der Waals surface area contributed by atoms with Gasteiger partial charge in [-0.05, 0) is 58.8 Å². The predicted molar refractivity (Wildman–Crippen MR) is 74.4 cm³/mol. The van der Waals surface area contributed by atoms with Crippen LogP contribution < -0.4 is 0 Å². The minimum atomic E-state index is -0.382. The van der Waals surface area contributed by atoms with E-state index < -0.39 is 0 Å². The maximum atomic E-state index is 5.89. The highest BCUT2D eigenvalue weighted by Crippen LogP contribution is 2.50. The van der Waals surface area contributed by atoms with Crippen molar-refractivity contribution in [2.75, 3.05) is 13.2 Å². The molecular formula is C16H28O2. The molecule has 0 N–H and O–H groups in total. The van der Waals surface area contributed by atoms with Gasteiger partial charge in [-0.25, -0.2) is 0 Å². The Labute approximate surface area is 112 Å². The van der Waals surface area contributed by atoms with Gasteiger partial charge in [0.15, 0.2) is 5.79 Å². The summed E-state index contributed by atoms with van der Waals surface area (Å²) < 4.78 is 11.8. The van der Waals surface area contributed by atoms with E-state index >= 15 is 0 Å². The van der Waals surface area contributed by atoms with Crippen LogP contribution in [0.1, 0.15) is 53.9 Å². The number of rotatable bonds is 2. The lowest BCUT2D eigenvalue weighted by atomic mass is 9.85. The van der Waals surface area contributed by atoms with Crippen LogP contribution in [0.5, 0.6) is 0 Å². The minimum absolute atomic E-state index is 0.287. The third-order valence-corrected chi connectivity index (χ3v) is 4.54. The van der Waals surface area contributed by atoms with Crippen LogP contribution in [0.4, 0.5) is 0 Å². The summed E-state index contributed by atoms with van der Waals surface area (Å²) in [5.41, 5.74) is 1.72. The Kier molecular flexibility index (Phi) is 3.89. The summed E-state index contributed by atoms with van der Waals surface area (Å²) in [7, 11) is 0. The highest BCUT2D eigenvalue weighted by molar-refractivity contribution is 5.00. The zero-order chi connectivity index (χ0) is 13.4. The molecule has 1 aliphatic carbocycles. The van der Waals surface area contributed by atoms with Crippen LogP contribution >= 0.6 is 0 Å². The molecule has 0 aromatic carbocycles. The summed E-state index contributed by atoms with van der Waals surface area (Å²) >= 11 is 0. The van der Waals surface area contributed by atoms with Gasteiger partial charge >= 0.3 is 0 Å². The summed E-state index contributed by atoms with van der Waals surface area (Å²) in [4.78, 5) is 0. The first-order valence-corrected chi connectivity index (χ1v) is 7.23. The predicted octanol–water partition coefficient (Wildman–Crippen LogP) is 4.16. The van der Waals surface area contributed by atoms with Gasteiger partial charge in [-0.1, -0.05) is 18.6 Å². The van der Waals surface area contributed by atoms with Gasteiger partial charge in [0.05, 0.1) is 13.2 Å². The molecular weight excluding hydrogens is 224 g/mol. The van der Waals surface area contributed by atoms with Crippen LogP contribution in [0.15, 0.2) is 11.6 Å². The molecule has 0 bridgehead atoms. The second-order valence-corrected chi connectivity index (χ2v) is 7.14. The SMILES string of the molecule is CC(C)=CC[C@H]1CC2(COC(C)(C)OC2)C[C@@H]1C. The van der Waals surface area contributed by atoms with E-state index in [-0.39, 0.29) is 11.2 Å². The van der Waals surface area contributed by atoms with Crippen molar-refractivity contribution in [1.82, 2.24) is 0 Å². The van der Waals surface area contributed by atoms with Gasteiger partial charge in [0, 0.05) is 5.41 Å². The summed E-state index contributed by atoms with van der Waals surface area (Å²) in [6.07, 6.45) is 6.11. The summed E-state index contributed by atoms with van der Waals surface area (Å²) in [5.74, 6) is 1.20. The zero-order valence-corrected chi connectivity index (χ0v) is 12.6. The largest absolute Gasteiger partial charge is 0.350 e. The molecule has 0 amide bonds. The lowest BCUT2D eigenvalue weighted by Crippen LogP contribution is -2.45. The van der Waals surface area contributed by atoms with Crippen molar-refractivity contribution in [3.63, 3.8) is 0 Å². The molecule has 0 radical (unpaired) electrons. The van der Waals surface area contributed by atoms with Gasteiger partial charge in [-0.2, -0.15) is 0 Å². The first-order chi connectivity index (χ1) is 8.32. The molecule has 2 heteroatoms. The zero-order valence-electron chi connectivity index (χ0n) is 12.6. The molecule has 2 nitrogen and oxygen atoms in total. The summed E-state index contributed by atoms with van der Waals surface area (Å²) in [6, 6.07) is 0. The summed E-state index contributed by atoms with van der Waals surface area (Å²) in [5, 5.41) is 0. The van der Waals surface area contributed by atoms with Crippen LogP contribution in [0, 0.1) is 17.3 Å². The Hall–Kier alpha value is -0.340. The van der Waals surface area contributed by atoms with E-state index in [9.17, 15) is 0 Å². The number of hydrogen-bond acceptors (Lipinski definition) is 2. The monoisotopic (exact) mass is 252 g/mol. The van der Waals surface area contributed by atoms with E-state index in [1.807, 2.05) is 13.8 Å². The number of allylic oxidation sites excluding steroid dienone is 2. The van der Waals surface area contributed by atoms with Crippen molar-refractivity contribution in [2.24, 2.45) is 17.3 Å². The molecule has 1 spiro atoms. The van der Waals surface area contributed by atoms with E-state index in [4.69, 9.17) is 9.47 Å². The van der Waals surface area contributed by atoms with E-state index in [1.165, 1.54) is 24.8 Å². The third-order valence-electron chi connectivity index (χ3n) is 4.54. The van der Waals surface area contributed by atoms with Gasteiger partial charge < -0.3 is 9.47 Å². The van der Waals surface area contributed by atoms with Crippen molar-refractivity contribution in [2.45, 2.75) is 59.7 Å². The average Bonchev–Trinajstić information content (AvgIpc) is 2.58. The molecule has 1 heterocycles. The maximum absolute atomic E-state index is 5.89. The Morgan fingerprint density at radius 1 is 1.17 bits per heavy atom. The third kappa shape index (κ3) is 3.16. The topological polar surface area (TPSA) is 18.5 Å². The van der Waals surface area contributed by atoms with Crippen LogP contribution in [-0.4, -0.2) is 19.0 Å². The van der Waals surface area contributed by atoms with Crippen LogP contribution in [0.3, 0.4) is 0 Å². The lowest BCUT2D eigenvalue weighted by molar-refractivity contribution is -0.285. The van der Waals surface area contributed by atoms with Gasteiger partial charge in [0.25, 0.3) is 0 Å². The molecule has 18 heavy (non-hydrogen) atoms.